The van der Waals surface area contributed by atoms with Crippen LogP contribution in [0.1, 0.15) is 38.5 Å². The van der Waals surface area contributed by atoms with Gasteiger partial charge in [-0.15, -0.1) is 0 Å². The second-order valence-electron chi connectivity index (χ2n) is 4.23. The highest BCUT2D eigenvalue weighted by Crippen LogP contribution is 2.43. The van der Waals surface area contributed by atoms with Gasteiger partial charge in [0.25, 0.3) is 0 Å². The molecule has 0 atom stereocenters. The Kier molecular flexibility index (Phi) is 3.34. The number of ketones is 1. The van der Waals surface area contributed by atoms with Gasteiger partial charge in [0.05, 0.1) is 0 Å². The minimum Gasteiger partial charge on any atom is -0.459 e. The Bertz CT molecular complexity index is 263. The Morgan fingerprint density at radius 1 is 1.40 bits per heavy atom. The number of carbonyl (C=O) groups is 1. The van der Waals surface area contributed by atoms with E-state index in [-0.39, 0.29) is 10.6 Å². The summed E-state index contributed by atoms with van der Waals surface area (Å²) < 4.78 is 10.3. The summed E-state index contributed by atoms with van der Waals surface area (Å²) in [5, 5.41) is 0. The largest absolute Gasteiger partial charge is 0.459 e. The van der Waals surface area contributed by atoms with Crippen molar-refractivity contribution in [3.8, 4) is 0 Å². The molecule has 4 heteroatoms. The summed E-state index contributed by atoms with van der Waals surface area (Å²) in [6.07, 6.45) is 8.11. The van der Waals surface area contributed by atoms with Crippen molar-refractivity contribution in [2.24, 2.45) is 0 Å². The maximum Gasteiger partial charge on any atom is 0.240 e. The number of hydrogen-bond acceptors (Lipinski definition) is 3. The third-order valence-electron chi connectivity index (χ3n) is 2.94. The minimum atomic E-state index is -0.249. The van der Waals surface area contributed by atoms with Crippen LogP contribution in [0.3, 0.4) is 0 Å². The Balaban J connectivity index is 1.64. The van der Waals surface area contributed by atoms with Crippen LogP contribution in [-0.4, -0.2) is 16.4 Å². The van der Waals surface area contributed by atoms with E-state index in [4.69, 9.17) is 9.47 Å². The van der Waals surface area contributed by atoms with Crippen LogP contribution in [0, 0.1) is 0 Å². The maximum absolute atomic E-state index is 11.6. The highest BCUT2D eigenvalue weighted by atomic mass is 79.9. The number of Topliss-reactive ketones (excluding diaryl/α,β-unsaturated/α-hetero) is 1. The minimum absolute atomic E-state index is 0.111. The smallest absolute Gasteiger partial charge is 0.240 e. The van der Waals surface area contributed by atoms with Gasteiger partial charge < -0.3 is 9.47 Å². The van der Waals surface area contributed by atoms with E-state index in [1.165, 1.54) is 18.9 Å². The van der Waals surface area contributed by atoms with Gasteiger partial charge in [0.15, 0.2) is 0 Å². The van der Waals surface area contributed by atoms with Crippen LogP contribution >= 0.6 is 15.9 Å². The van der Waals surface area contributed by atoms with Crippen LogP contribution < -0.4 is 0 Å². The standard InChI is InChI=1S/C11H15BrO3/c12-11(4-1-5-11)8-9(13)2-3-10-14-6-7-15-10/h6-7,10H,1-5,8H2. The van der Waals surface area contributed by atoms with Gasteiger partial charge in [0, 0.05) is 23.6 Å². The number of alkyl halides is 1. The summed E-state index contributed by atoms with van der Waals surface area (Å²) in [5.74, 6) is 0.297. The predicted molar refractivity (Wildman–Crippen MR) is 59.5 cm³/mol. The van der Waals surface area contributed by atoms with Gasteiger partial charge in [-0.2, -0.15) is 0 Å². The molecule has 1 aliphatic carbocycles. The van der Waals surface area contributed by atoms with E-state index in [1.807, 2.05) is 0 Å². The fraction of sp³-hybridized carbons (Fsp3) is 0.727. The van der Waals surface area contributed by atoms with Gasteiger partial charge in [-0.25, -0.2) is 0 Å². The van der Waals surface area contributed by atoms with Crippen LogP contribution in [0.2, 0.25) is 0 Å². The molecule has 2 aliphatic rings. The van der Waals surface area contributed by atoms with Crippen LogP contribution in [0.5, 0.6) is 0 Å². The quantitative estimate of drug-likeness (QED) is 0.724. The summed E-state index contributed by atoms with van der Waals surface area (Å²) in [5.41, 5.74) is 0. The fourth-order valence-electron chi connectivity index (χ4n) is 1.87. The molecule has 0 aromatic rings. The molecule has 0 radical (unpaired) electrons. The van der Waals surface area contributed by atoms with Crippen LogP contribution in [0.25, 0.3) is 0 Å². The van der Waals surface area contributed by atoms with Crippen LogP contribution in [0.15, 0.2) is 12.5 Å². The Morgan fingerprint density at radius 3 is 2.60 bits per heavy atom. The molecule has 0 unspecified atom stereocenters. The second-order valence-corrected chi connectivity index (χ2v) is 5.91. The summed E-state index contributed by atoms with van der Waals surface area (Å²) in [4.78, 5) is 11.6. The van der Waals surface area contributed by atoms with Crippen molar-refractivity contribution >= 4 is 21.7 Å². The van der Waals surface area contributed by atoms with Crippen molar-refractivity contribution in [3.63, 3.8) is 0 Å². The van der Waals surface area contributed by atoms with E-state index in [0.29, 0.717) is 25.0 Å². The topological polar surface area (TPSA) is 35.5 Å². The molecule has 0 saturated heterocycles. The first-order chi connectivity index (χ1) is 7.18. The third-order valence-corrected chi connectivity index (χ3v) is 4.01. The van der Waals surface area contributed by atoms with Crippen molar-refractivity contribution in [1.29, 1.82) is 0 Å². The van der Waals surface area contributed by atoms with E-state index in [1.54, 1.807) is 0 Å². The molecular weight excluding hydrogens is 260 g/mol. The lowest BCUT2D eigenvalue weighted by atomic mass is 9.81. The maximum atomic E-state index is 11.6. The molecule has 1 fully saturated rings. The molecule has 1 heterocycles. The molecular formula is C11H15BrO3. The lowest BCUT2D eigenvalue weighted by Crippen LogP contribution is -2.32. The number of hydrogen-bond donors (Lipinski definition) is 0. The molecule has 0 aromatic heterocycles. The average molecular weight is 275 g/mol. The van der Waals surface area contributed by atoms with E-state index in [9.17, 15) is 4.79 Å². The molecule has 0 N–H and O–H groups in total. The Hall–Kier alpha value is -0.510. The molecule has 1 aliphatic heterocycles. The van der Waals surface area contributed by atoms with Crippen molar-refractivity contribution < 1.29 is 14.3 Å². The molecule has 15 heavy (non-hydrogen) atoms. The van der Waals surface area contributed by atoms with Gasteiger partial charge in [-0.05, 0) is 12.8 Å². The molecule has 0 aromatic carbocycles. The molecule has 0 amide bonds. The monoisotopic (exact) mass is 274 g/mol. The molecule has 0 spiro atoms. The predicted octanol–water partition coefficient (Wildman–Crippen LogP) is 2.89. The van der Waals surface area contributed by atoms with Gasteiger partial charge in [0.2, 0.25) is 6.29 Å². The van der Waals surface area contributed by atoms with E-state index >= 15 is 0 Å². The summed E-state index contributed by atoms with van der Waals surface area (Å²) >= 11 is 3.63. The Morgan fingerprint density at radius 2 is 2.07 bits per heavy atom. The molecule has 3 nitrogen and oxygen atoms in total. The van der Waals surface area contributed by atoms with Crippen molar-refractivity contribution in [1.82, 2.24) is 0 Å². The van der Waals surface area contributed by atoms with Crippen molar-refractivity contribution in [2.45, 2.75) is 49.1 Å². The van der Waals surface area contributed by atoms with Gasteiger partial charge in [0.1, 0.15) is 18.3 Å². The molecule has 2 rings (SSSR count). The summed E-state index contributed by atoms with van der Waals surface area (Å²) in [7, 11) is 0. The van der Waals surface area contributed by atoms with Crippen LogP contribution in [-0.2, 0) is 14.3 Å². The zero-order chi connectivity index (χ0) is 10.7. The van der Waals surface area contributed by atoms with Gasteiger partial charge >= 0.3 is 0 Å². The molecule has 84 valence electrons. The first-order valence-electron chi connectivity index (χ1n) is 5.35. The zero-order valence-corrected chi connectivity index (χ0v) is 10.2. The third kappa shape index (κ3) is 2.97. The summed E-state index contributed by atoms with van der Waals surface area (Å²) in [6, 6.07) is 0. The SMILES string of the molecule is O=C(CCC1OC=CO1)CC1(Br)CCC1. The average Bonchev–Trinajstić information content (AvgIpc) is 2.64. The van der Waals surface area contributed by atoms with Gasteiger partial charge in [-0.1, -0.05) is 22.4 Å². The fourth-order valence-corrected chi connectivity index (χ4v) is 2.74. The van der Waals surface area contributed by atoms with E-state index < -0.39 is 0 Å². The lowest BCUT2D eigenvalue weighted by molar-refractivity contribution is -0.122. The summed E-state index contributed by atoms with van der Waals surface area (Å²) in [6.45, 7) is 0. The normalized spacial score (nSPS) is 23.0. The van der Waals surface area contributed by atoms with Gasteiger partial charge in [-0.3, -0.25) is 4.79 Å². The zero-order valence-electron chi connectivity index (χ0n) is 8.58. The number of halogens is 1. The number of ether oxygens (including phenoxy) is 2. The van der Waals surface area contributed by atoms with Crippen molar-refractivity contribution in [2.75, 3.05) is 0 Å². The van der Waals surface area contributed by atoms with Crippen molar-refractivity contribution in [3.05, 3.63) is 12.5 Å². The first kappa shape index (κ1) is 11.0. The van der Waals surface area contributed by atoms with Crippen LogP contribution in [0.4, 0.5) is 0 Å². The highest BCUT2D eigenvalue weighted by molar-refractivity contribution is 9.10. The molecule has 0 bridgehead atoms. The first-order valence-corrected chi connectivity index (χ1v) is 6.14. The van der Waals surface area contributed by atoms with E-state index in [0.717, 1.165) is 12.8 Å². The molecule has 1 saturated carbocycles. The van der Waals surface area contributed by atoms with E-state index in [2.05, 4.69) is 15.9 Å². The second kappa shape index (κ2) is 4.56. The highest BCUT2D eigenvalue weighted by Gasteiger charge is 2.35. The number of rotatable bonds is 5. The Labute approximate surface area is 97.9 Å². The number of carbonyl (C=O) groups excluding carboxylic acids is 1. The lowest BCUT2D eigenvalue weighted by Gasteiger charge is -2.35.